The molecule has 2 heterocycles. The molecule has 2 aromatic rings. The third-order valence-corrected chi connectivity index (χ3v) is 1.64. The Morgan fingerprint density at radius 2 is 1.22 bits per heavy atom. The van der Waals surface area contributed by atoms with Gasteiger partial charge in [0.25, 0.3) is 0 Å². The van der Waals surface area contributed by atoms with Gasteiger partial charge in [-0.25, -0.2) is 0 Å². The lowest BCUT2D eigenvalue weighted by molar-refractivity contribution is -0.0980. The Balaban J connectivity index is 0.000000283. The van der Waals surface area contributed by atoms with Crippen LogP contribution < -0.4 is 0 Å². The standard InChI is InChI=1S/2C6H5NO.CH2O/c2*8-5-6-2-1-3-7-4-6;1-2/h2*1-5H;1H2. The van der Waals surface area contributed by atoms with Crippen LogP contribution in [0.5, 0.6) is 0 Å². The van der Waals surface area contributed by atoms with Gasteiger partial charge in [0.05, 0.1) is 0 Å². The summed E-state index contributed by atoms with van der Waals surface area (Å²) in [4.78, 5) is 35.4. The van der Waals surface area contributed by atoms with Gasteiger partial charge in [0, 0.05) is 35.9 Å². The summed E-state index contributed by atoms with van der Waals surface area (Å²) < 4.78 is 0. The van der Waals surface area contributed by atoms with Gasteiger partial charge in [-0.1, -0.05) is 0 Å². The molecule has 0 fully saturated rings. The van der Waals surface area contributed by atoms with Crippen LogP contribution in [0.2, 0.25) is 0 Å². The molecule has 0 amide bonds. The molecule has 92 valence electrons. The predicted molar refractivity (Wildman–Crippen MR) is 66.4 cm³/mol. The van der Waals surface area contributed by atoms with Gasteiger partial charge in [-0.05, 0) is 24.3 Å². The maximum Gasteiger partial charge on any atom is 0.151 e. The molecule has 5 heteroatoms. The molecule has 0 aliphatic heterocycles. The van der Waals surface area contributed by atoms with E-state index in [1.165, 1.54) is 12.4 Å². The zero-order valence-electron chi connectivity index (χ0n) is 9.60. The zero-order valence-corrected chi connectivity index (χ0v) is 9.60. The molecule has 0 bridgehead atoms. The number of hydrogen-bond donors (Lipinski definition) is 0. The van der Waals surface area contributed by atoms with E-state index >= 15 is 0 Å². The lowest BCUT2D eigenvalue weighted by atomic mass is 10.3. The van der Waals surface area contributed by atoms with E-state index < -0.39 is 0 Å². The van der Waals surface area contributed by atoms with Crippen molar-refractivity contribution >= 4 is 19.4 Å². The fourth-order valence-corrected chi connectivity index (χ4v) is 0.891. The first kappa shape index (κ1) is 15.3. The molecule has 2 aromatic heterocycles. The lowest BCUT2D eigenvalue weighted by Crippen LogP contribution is -1.77. The highest BCUT2D eigenvalue weighted by atomic mass is 16.1. The minimum absolute atomic E-state index is 0.618. The lowest BCUT2D eigenvalue weighted by Gasteiger charge is -1.81. The van der Waals surface area contributed by atoms with Crippen molar-refractivity contribution in [3.8, 4) is 0 Å². The van der Waals surface area contributed by atoms with Gasteiger partial charge in [-0.3, -0.25) is 19.6 Å². The minimum Gasteiger partial charge on any atom is -0.307 e. The molecule has 0 aromatic carbocycles. The van der Waals surface area contributed by atoms with Gasteiger partial charge < -0.3 is 4.79 Å². The maximum atomic E-state index is 9.97. The summed E-state index contributed by atoms with van der Waals surface area (Å²) in [7, 11) is 0. The topological polar surface area (TPSA) is 77.0 Å². The predicted octanol–water partition coefficient (Wildman–Crippen LogP) is 1.60. The van der Waals surface area contributed by atoms with E-state index in [2.05, 4.69) is 9.97 Å². The van der Waals surface area contributed by atoms with Gasteiger partial charge >= 0.3 is 0 Å². The third-order valence-electron chi connectivity index (χ3n) is 1.64. The van der Waals surface area contributed by atoms with Crippen molar-refractivity contribution in [1.82, 2.24) is 9.97 Å². The van der Waals surface area contributed by atoms with Crippen molar-refractivity contribution in [2.24, 2.45) is 0 Å². The molecule has 0 saturated heterocycles. The molecule has 0 atom stereocenters. The first-order valence-electron chi connectivity index (χ1n) is 4.86. The Kier molecular flexibility index (Phi) is 9.20. The number of rotatable bonds is 2. The monoisotopic (exact) mass is 244 g/mol. The number of aldehydes is 2. The summed E-state index contributed by atoms with van der Waals surface area (Å²) in [5.74, 6) is 0. The molecule has 0 spiro atoms. The van der Waals surface area contributed by atoms with Crippen LogP contribution in [0.4, 0.5) is 0 Å². The zero-order chi connectivity index (χ0) is 13.6. The molecular weight excluding hydrogens is 232 g/mol. The van der Waals surface area contributed by atoms with Gasteiger partial charge in [-0.15, -0.1) is 0 Å². The van der Waals surface area contributed by atoms with Crippen LogP contribution in [0.1, 0.15) is 20.7 Å². The van der Waals surface area contributed by atoms with Crippen molar-refractivity contribution in [2.75, 3.05) is 0 Å². The highest BCUT2D eigenvalue weighted by Gasteiger charge is 1.81. The summed E-state index contributed by atoms with van der Waals surface area (Å²) in [6, 6.07) is 6.87. The molecule has 0 aliphatic carbocycles. The van der Waals surface area contributed by atoms with E-state index in [4.69, 9.17) is 4.79 Å². The summed E-state index contributed by atoms with van der Waals surface area (Å²) in [5, 5.41) is 0. The normalized spacial score (nSPS) is 7.78. The van der Waals surface area contributed by atoms with Crippen LogP contribution in [0.15, 0.2) is 49.1 Å². The Hall–Kier alpha value is -2.69. The van der Waals surface area contributed by atoms with Gasteiger partial charge in [0.15, 0.2) is 12.6 Å². The fraction of sp³-hybridized carbons (Fsp3) is 0. The van der Waals surface area contributed by atoms with Crippen LogP contribution in [-0.4, -0.2) is 29.3 Å². The first-order chi connectivity index (χ1) is 8.86. The van der Waals surface area contributed by atoms with Crippen LogP contribution in [0.25, 0.3) is 0 Å². The van der Waals surface area contributed by atoms with Crippen molar-refractivity contribution in [1.29, 1.82) is 0 Å². The third kappa shape index (κ3) is 6.73. The number of nitrogens with zero attached hydrogens (tertiary/aromatic N) is 2. The smallest absolute Gasteiger partial charge is 0.151 e. The summed E-state index contributed by atoms with van der Waals surface area (Å²) >= 11 is 0. The van der Waals surface area contributed by atoms with Crippen molar-refractivity contribution < 1.29 is 14.4 Å². The highest BCUT2D eigenvalue weighted by molar-refractivity contribution is 5.74. The van der Waals surface area contributed by atoms with Crippen LogP contribution in [0.3, 0.4) is 0 Å². The molecule has 0 aliphatic rings. The molecular formula is C13H12N2O3. The minimum atomic E-state index is 0.618. The SMILES string of the molecule is C=O.O=Cc1cccnc1.O=Cc1cccnc1. The van der Waals surface area contributed by atoms with E-state index in [0.717, 1.165) is 12.6 Å². The largest absolute Gasteiger partial charge is 0.307 e. The average molecular weight is 244 g/mol. The van der Waals surface area contributed by atoms with E-state index in [1.807, 2.05) is 6.79 Å². The number of carbonyl (C=O) groups excluding carboxylic acids is 3. The Morgan fingerprint density at radius 3 is 1.39 bits per heavy atom. The molecule has 0 saturated carbocycles. The van der Waals surface area contributed by atoms with E-state index in [0.29, 0.717) is 11.1 Å². The fourth-order valence-electron chi connectivity index (χ4n) is 0.891. The van der Waals surface area contributed by atoms with Crippen LogP contribution in [0, 0.1) is 0 Å². The number of pyridine rings is 2. The highest BCUT2D eigenvalue weighted by Crippen LogP contribution is 1.88. The van der Waals surface area contributed by atoms with Crippen molar-refractivity contribution in [3.63, 3.8) is 0 Å². The van der Waals surface area contributed by atoms with Crippen molar-refractivity contribution in [3.05, 3.63) is 60.2 Å². The maximum absolute atomic E-state index is 9.97. The summed E-state index contributed by atoms with van der Waals surface area (Å²) in [6.45, 7) is 2.00. The molecule has 5 nitrogen and oxygen atoms in total. The van der Waals surface area contributed by atoms with E-state index in [-0.39, 0.29) is 0 Å². The Labute approximate surface area is 105 Å². The molecule has 18 heavy (non-hydrogen) atoms. The number of carbonyl (C=O) groups is 3. The summed E-state index contributed by atoms with van der Waals surface area (Å²) in [6.07, 6.45) is 7.85. The van der Waals surface area contributed by atoms with Crippen LogP contribution >= 0.6 is 0 Å². The number of hydrogen-bond acceptors (Lipinski definition) is 5. The average Bonchev–Trinajstić information content (AvgIpc) is 2.51. The second-order valence-corrected chi connectivity index (χ2v) is 2.81. The van der Waals surface area contributed by atoms with E-state index in [9.17, 15) is 9.59 Å². The van der Waals surface area contributed by atoms with Crippen LogP contribution in [-0.2, 0) is 4.79 Å². The second-order valence-electron chi connectivity index (χ2n) is 2.81. The van der Waals surface area contributed by atoms with Crippen molar-refractivity contribution in [2.45, 2.75) is 0 Å². The van der Waals surface area contributed by atoms with Gasteiger partial charge in [-0.2, -0.15) is 0 Å². The van der Waals surface area contributed by atoms with Gasteiger partial charge in [0.2, 0.25) is 0 Å². The first-order valence-corrected chi connectivity index (χ1v) is 4.86. The van der Waals surface area contributed by atoms with Gasteiger partial charge in [0.1, 0.15) is 6.79 Å². The second kappa shape index (κ2) is 10.8. The molecule has 0 N–H and O–H groups in total. The summed E-state index contributed by atoms with van der Waals surface area (Å²) in [5.41, 5.74) is 1.24. The quantitative estimate of drug-likeness (QED) is 0.750. The number of aromatic nitrogens is 2. The Morgan fingerprint density at radius 1 is 0.833 bits per heavy atom. The Bertz CT molecular complexity index is 403. The van der Waals surface area contributed by atoms with E-state index in [1.54, 1.807) is 36.7 Å². The molecule has 0 radical (unpaired) electrons. The molecule has 2 rings (SSSR count). The molecule has 0 unspecified atom stereocenters.